The fraction of sp³-hybridized carbons (Fsp3) is 0. The van der Waals surface area contributed by atoms with Crippen molar-refractivity contribution in [3.63, 3.8) is 0 Å². The third kappa shape index (κ3) is 5.25. The minimum absolute atomic E-state index is 0.622. The molecule has 0 radical (unpaired) electrons. The molecule has 3 aromatic heterocycles. The molecule has 0 aliphatic carbocycles. The molecule has 0 saturated carbocycles. The van der Waals surface area contributed by atoms with Crippen molar-refractivity contribution in [1.82, 2.24) is 14.1 Å². The summed E-state index contributed by atoms with van der Waals surface area (Å²) in [5, 5.41) is 9.33. The van der Waals surface area contributed by atoms with Gasteiger partial charge in [0.1, 0.15) is 5.52 Å². The van der Waals surface area contributed by atoms with Crippen LogP contribution in [0.4, 0.5) is 17.1 Å². The van der Waals surface area contributed by atoms with Crippen molar-refractivity contribution >= 4 is 93.3 Å². The third-order valence-corrected chi connectivity index (χ3v) is 12.5. The van der Waals surface area contributed by atoms with E-state index in [1.165, 1.54) is 32.6 Å². The van der Waals surface area contributed by atoms with Crippen LogP contribution in [0.2, 0.25) is 0 Å². The topological polar surface area (TPSA) is 39.1 Å². The van der Waals surface area contributed by atoms with Crippen LogP contribution in [0.1, 0.15) is 0 Å². The van der Waals surface area contributed by atoms with Gasteiger partial charge in [0.2, 0.25) is 5.89 Å². The third-order valence-electron chi connectivity index (χ3n) is 12.5. The molecule has 62 heavy (non-hydrogen) atoms. The van der Waals surface area contributed by atoms with Crippen molar-refractivity contribution in [3.05, 3.63) is 218 Å². The second-order valence-corrected chi connectivity index (χ2v) is 16.0. The summed E-state index contributed by atoms with van der Waals surface area (Å²) in [4.78, 5) is 7.30. The van der Waals surface area contributed by atoms with Crippen LogP contribution in [-0.2, 0) is 0 Å². The Balaban J connectivity index is 1.02. The summed E-state index contributed by atoms with van der Waals surface area (Å²) in [6, 6.07) is 78.1. The SMILES string of the molecule is c1ccc(-c2nc3ccc4ccc5ccc(N(c6ccccc6)c6ccc7c8ccccc8n(-c8cccc(-n9c%10ccccc%10c%10ccccc%109)c8)c7c6)cc5c4c3o2)cc1. The van der Waals surface area contributed by atoms with Gasteiger partial charge in [-0.1, -0.05) is 127 Å². The number of para-hydroxylation sites is 4. The standard InChI is InChI=1S/C57H36N4O/c1-3-14-39(15-4-1)57-58-50-33-29-38-27-26-37-28-30-43(35-49(37)55(38)56(50)62-57)59(40-16-5-2-6-17-40)44-31-32-48-47-22-9-12-25-53(47)61(54(48)36-44)42-19-13-18-41(34-42)60-51-23-10-7-20-45(51)46-21-8-11-24-52(46)60/h1-36H. The Labute approximate surface area is 356 Å². The Bertz CT molecular complexity index is 3820. The van der Waals surface area contributed by atoms with Crippen molar-refractivity contribution in [2.45, 2.75) is 0 Å². The molecule has 5 nitrogen and oxygen atoms in total. The second kappa shape index (κ2) is 13.6. The fourth-order valence-electron chi connectivity index (χ4n) is 9.73. The summed E-state index contributed by atoms with van der Waals surface area (Å²) in [6.45, 7) is 0. The number of oxazole rings is 1. The first-order valence-electron chi connectivity index (χ1n) is 21.0. The highest BCUT2D eigenvalue weighted by Crippen LogP contribution is 2.43. The Morgan fingerprint density at radius 2 is 0.903 bits per heavy atom. The average Bonchev–Trinajstić information content (AvgIpc) is 4.03. The molecule has 10 aromatic carbocycles. The predicted octanol–water partition coefficient (Wildman–Crippen LogP) is 15.5. The van der Waals surface area contributed by atoms with Crippen LogP contribution < -0.4 is 4.90 Å². The summed E-state index contributed by atoms with van der Waals surface area (Å²) in [7, 11) is 0. The van der Waals surface area contributed by atoms with Gasteiger partial charge in [-0.3, -0.25) is 0 Å². The van der Waals surface area contributed by atoms with Gasteiger partial charge in [0.25, 0.3) is 0 Å². The van der Waals surface area contributed by atoms with Crippen LogP contribution in [0.5, 0.6) is 0 Å². The lowest BCUT2D eigenvalue weighted by molar-refractivity contribution is 0.623. The Hall–Kier alpha value is -8.41. The normalized spacial score (nSPS) is 11.9. The summed E-state index contributed by atoms with van der Waals surface area (Å²) in [5.41, 5.74) is 12.7. The molecular weight excluding hydrogens is 757 g/mol. The molecule has 0 spiro atoms. The quantitative estimate of drug-likeness (QED) is 0.157. The van der Waals surface area contributed by atoms with E-state index >= 15 is 0 Å². The number of hydrogen-bond acceptors (Lipinski definition) is 3. The van der Waals surface area contributed by atoms with Gasteiger partial charge in [0.05, 0.1) is 22.1 Å². The lowest BCUT2D eigenvalue weighted by Gasteiger charge is -2.26. The van der Waals surface area contributed by atoms with Gasteiger partial charge in [-0.15, -0.1) is 0 Å². The van der Waals surface area contributed by atoms with Crippen LogP contribution in [-0.4, -0.2) is 14.1 Å². The van der Waals surface area contributed by atoms with E-state index in [1.807, 2.05) is 30.3 Å². The Kier molecular flexibility index (Phi) is 7.54. The van der Waals surface area contributed by atoms with Crippen LogP contribution in [0.15, 0.2) is 223 Å². The molecule has 3 heterocycles. The maximum Gasteiger partial charge on any atom is 0.227 e. The van der Waals surface area contributed by atoms with Crippen molar-refractivity contribution in [3.8, 4) is 22.8 Å². The molecule has 0 bridgehead atoms. The minimum atomic E-state index is 0.622. The molecule has 0 fully saturated rings. The van der Waals surface area contributed by atoms with E-state index in [4.69, 9.17) is 9.40 Å². The van der Waals surface area contributed by atoms with Crippen molar-refractivity contribution < 1.29 is 4.42 Å². The van der Waals surface area contributed by atoms with Crippen LogP contribution in [0.3, 0.4) is 0 Å². The summed E-state index contributed by atoms with van der Waals surface area (Å²) in [6.07, 6.45) is 0. The minimum Gasteiger partial charge on any atom is -0.435 e. The molecule has 0 saturated heterocycles. The smallest absolute Gasteiger partial charge is 0.227 e. The van der Waals surface area contributed by atoms with Gasteiger partial charge < -0.3 is 18.5 Å². The van der Waals surface area contributed by atoms with Crippen molar-refractivity contribution in [1.29, 1.82) is 0 Å². The van der Waals surface area contributed by atoms with E-state index < -0.39 is 0 Å². The monoisotopic (exact) mass is 792 g/mol. The Morgan fingerprint density at radius 3 is 1.60 bits per heavy atom. The molecule has 13 rings (SSSR count). The lowest BCUT2D eigenvalue weighted by atomic mass is 10.00. The molecule has 0 atom stereocenters. The van der Waals surface area contributed by atoms with Crippen molar-refractivity contribution in [2.75, 3.05) is 4.90 Å². The number of benzene rings is 10. The highest BCUT2D eigenvalue weighted by Gasteiger charge is 2.20. The van der Waals surface area contributed by atoms with E-state index in [-0.39, 0.29) is 0 Å². The molecule has 0 N–H and O–H groups in total. The average molecular weight is 793 g/mol. The van der Waals surface area contributed by atoms with Gasteiger partial charge in [-0.2, -0.15) is 0 Å². The highest BCUT2D eigenvalue weighted by atomic mass is 16.3. The lowest BCUT2D eigenvalue weighted by Crippen LogP contribution is -2.10. The van der Waals surface area contributed by atoms with Crippen LogP contribution in [0, 0.1) is 0 Å². The van der Waals surface area contributed by atoms with Crippen molar-refractivity contribution in [2.24, 2.45) is 0 Å². The number of aromatic nitrogens is 3. The number of anilines is 3. The number of nitrogens with zero attached hydrogens (tertiary/aromatic N) is 4. The molecule has 13 aromatic rings. The Morgan fingerprint density at radius 1 is 0.371 bits per heavy atom. The maximum atomic E-state index is 6.62. The van der Waals surface area contributed by atoms with Gasteiger partial charge in [-0.25, -0.2) is 4.98 Å². The summed E-state index contributed by atoms with van der Waals surface area (Å²) in [5.74, 6) is 0.622. The predicted molar refractivity (Wildman–Crippen MR) is 258 cm³/mol. The van der Waals surface area contributed by atoms with E-state index in [2.05, 4.69) is 202 Å². The molecule has 0 aliphatic rings. The summed E-state index contributed by atoms with van der Waals surface area (Å²) < 4.78 is 11.4. The number of fused-ring (bicyclic) bond motifs is 11. The summed E-state index contributed by atoms with van der Waals surface area (Å²) >= 11 is 0. The molecule has 0 amide bonds. The van der Waals surface area contributed by atoms with E-state index in [1.54, 1.807) is 0 Å². The largest absolute Gasteiger partial charge is 0.435 e. The highest BCUT2D eigenvalue weighted by molar-refractivity contribution is 6.19. The first-order valence-corrected chi connectivity index (χ1v) is 21.0. The first kappa shape index (κ1) is 34.5. The zero-order chi connectivity index (χ0) is 40.7. The molecule has 0 unspecified atom stereocenters. The second-order valence-electron chi connectivity index (χ2n) is 16.0. The zero-order valence-corrected chi connectivity index (χ0v) is 33.5. The molecule has 0 aliphatic heterocycles. The van der Waals surface area contributed by atoms with E-state index in [0.717, 1.165) is 77.7 Å². The van der Waals surface area contributed by atoms with Gasteiger partial charge in [0, 0.05) is 60.9 Å². The first-order chi connectivity index (χ1) is 30.7. The molecule has 5 heteroatoms. The molecular formula is C57H36N4O. The van der Waals surface area contributed by atoms with Crippen LogP contribution >= 0.6 is 0 Å². The van der Waals surface area contributed by atoms with E-state index in [9.17, 15) is 0 Å². The van der Waals surface area contributed by atoms with Crippen LogP contribution in [0.25, 0.3) is 99.1 Å². The number of hydrogen-bond donors (Lipinski definition) is 0. The fourth-order valence-corrected chi connectivity index (χ4v) is 9.73. The van der Waals surface area contributed by atoms with Gasteiger partial charge >= 0.3 is 0 Å². The molecule has 290 valence electrons. The van der Waals surface area contributed by atoms with Gasteiger partial charge in [-0.05, 0) is 107 Å². The number of rotatable bonds is 6. The maximum absolute atomic E-state index is 6.62. The van der Waals surface area contributed by atoms with E-state index in [0.29, 0.717) is 5.89 Å². The van der Waals surface area contributed by atoms with Gasteiger partial charge in [0.15, 0.2) is 5.58 Å². The zero-order valence-electron chi connectivity index (χ0n) is 33.5.